The molecule has 1 fully saturated rings. The molecule has 1 aliphatic rings. The van der Waals surface area contributed by atoms with Crippen molar-refractivity contribution in [2.45, 2.75) is 39.5 Å². The Labute approximate surface area is 142 Å². The van der Waals surface area contributed by atoms with E-state index in [4.69, 9.17) is 0 Å². The molecule has 1 saturated heterocycles. The Morgan fingerprint density at radius 1 is 1.22 bits per heavy atom. The van der Waals surface area contributed by atoms with Crippen LogP contribution in [-0.2, 0) is 9.84 Å². The highest BCUT2D eigenvalue weighted by Crippen LogP contribution is 2.11. The Balaban J connectivity index is 2.21. The van der Waals surface area contributed by atoms with Gasteiger partial charge in [0, 0.05) is 39.8 Å². The molecule has 0 aliphatic carbocycles. The van der Waals surface area contributed by atoms with E-state index in [9.17, 15) is 8.42 Å². The molecule has 23 heavy (non-hydrogen) atoms. The Morgan fingerprint density at radius 3 is 2.48 bits per heavy atom. The van der Waals surface area contributed by atoms with Crippen molar-refractivity contribution in [1.29, 1.82) is 0 Å². The van der Waals surface area contributed by atoms with E-state index < -0.39 is 9.84 Å². The van der Waals surface area contributed by atoms with Crippen LogP contribution in [0.1, 0.15) is 39.5 Å². The third kappa shape index (κ3) is 8.55. The quantitative estimate of drug-likeness (QED) is 0.483. The lowest BCUT2D eigenvalue weighted by atomic mass is 9.99. The number of hydrogen-bond donors (Lipinski definition) is 2. The van der Waals surface area contributed by atoms with Gasteiger partial charge in [0.15, 0.2) is 15.8 Å². The van der Waals surface area contributed by atoms with Crippen LogP contribution < -0.4 is 10.6 Å². The number of nitrogens with zero attached hydrogens (tertiary/aromatic N) is 2. The molecular weight excluding hydrogens is 312 g/mol. The van der Waals surface area contributed by atoms with Gasteiger partial charge in [-0.3, -0.25) is 9.89 Å². The van der Waals surface area contributed by atoms with Crippen molar-refractivity contribution < 1.29 is 8.42 Å². The molecule has 0 saturated carbocycles. The van der Waals surface area contributed by atoms with Gasteiger partial charge in [-0.25, -0.2) is 8.42 Å². The summed E-state index contributed by atoms with van der Waals surface area (Å²) in [7, 11) is -1.00. The number of sulfone groups is 1. The van der Waals surface area contributed by atoms with E-state index in [2.05, 4.69) is 34.4 Å². The van der Waals surface area contributed by atoms with Crippen molar-refractivity contribution in [2.75, 3.05) is 51.3 Å². The Bertz CT molecular complexity index is 437. The van der Waals surface area contributed by atoms with Crippen molar-refractivity contribution >= 4 is 15.8 Å². The largest absolute Gasteiger partial charge is 0.356 e. The number of guanidine groups is 1. The molecule has 136 valence electrons. The van der Waals surface area contributed by atoms with E-state index in [1.807, 2.05) is 0 Å². The number of aliphatic imine (C=N–C) groups is 1. The van der Waals surface area contributed by atoms with E-state index in [1.54, 1.807) is 7.05 Å². The molecule has 0 aromatic rings. The summed E-state index contributed by atoms with van der Waals surface area (Å²) in [4.78, 5) is 6.45. The smallest absolute Gasteiger partial charge is 0.191 e. The first kappa shape index (κ1) is 20.2. The minimum atomic E-state index is -2.79. The summed E-state index contributed by atoms with van der Waals surface area (Å²) in [6.07, 6.45) is 4.98. The first-order chi connectivity index (χ1) is 11.0. The second-order valence-corrected chi connectivity index (χ2v) is 8.59. The average molecular weight is 347 g/mol. The fraction of sp³-hybridized carbons (Fsp3) is 0.938. The molecule has 1 atom stereocenters. The van der Waals surface area contributed by atoms with Crippen molar-refractivity contribution in [1.82, 2.24) is 15.5 Å². The van der Waals surface area contributed by atoms with Gasteiger partial charge < -0.3 is 10.6 Å². The lowest BCUT2D eigenvalue weighted by Crippen LogP contribution is -2.46. The monoisotopic (exact) mass is 346 g/mol. The highest BCUT2D eigenvalue weighted by atomic mass is 32.2. The maximum atomic E-state index is 11.4. The summed E-state index contributed by atoms with van der Waals surface area (Å²) >= 11 is 0. The molecular formula is C16H34N4O2S. The van der Waals surface area contributed by atoms with E-state index in [0.29, 0.717) is 19.0 Å². The zero-order valence-electron chi connectivity index (χ0n) is 15.0. The van der Waals surface area contributed by atoms with Crippen LogP contribution in [0.15, 0.2) is 4.99 Å². The molecule has 7 heteroatoms. The molecule has 1 heterocycles. The molecule has 1 rings (SSSR count). The van der Waals surface area contributed by atoms with Crippen molar-refractivity contribution in [3.8, 4) is 0 Å². The Morgan fingerprint density at radius 2 is 1.91 bits per heavy atom. The van der Waals surface area contributed by atoms with E-state index in [-0.39, 0.29) is 11.5 Å². The molecule has 0 bridgehead atoms. The van der Waals surface area contributed by atoms with Crippen LogP contribution in [0.3, 0.4) is 0 Å². The molecule has 0 radical (unpaired) electrons. The predicted octanol–water partition coefficient (Wildman–Crippen LogP) is 1.10. The first-order valence-corrected chi connectivity index (χ1v) is 10.7. The van der Waals surface area contributed by atoms with Crippen LogP contribution in [0.5, 0.6) is 0 Å². The van der Waals surface area contributed by atoms with Crippen molar-refractivity contribution in [3.63, 3.8) is 0 Å². The van der Waals surface area contributed by atoms with Crippen molar-refractivity contribution in [3.05, 3.63) is 0 Å². The molecule has 0 aromatic heterocycles. The van der Waals surface area contributed by atoms with Gasteiger partial charge in [-0.15, -0.1) is 0 Å². The van der Waals surface area contributed by atoms with Gasteiger partial charge in [-0.2, -0.15) is 0 Å². The van der Waals surface area contributed by atoms with Gasteiger partial charge in [0.25, 0.3) is 0 Å². The summed E-state index contributed by atoms with van der Waals surface area (Å²) in [5, 5.41) is 6.73. The minimum absolute atomic E-state index is 0.287. The van der Waals surface area contributed by atoms with Crippen molar-refractivity contribution in [2.24, 2.45) is 10.9 Å². The fourth-order valence-corrected chi connectivity index (χ4v) is 3.99. The number of rotatable bonds is 9. The fourth-order valence-electron chi connectivity index (χ4n) is 2.71. The van der Waals surface area contributed by atoms with Crippen LogP contribution in [-0.4, -0.2) is 70.6 Å². The molecule has 0 aromatic carbocycles. The highest BCUT2D eigenvalue weighted by molar-refractivity contribution is 7.91. The van der Waals surface area contributed by atoms with Crippen LogP contribution in [0.2, 0.25) is 0 Å². The van der Waals surface area contributed by atoms with Crippen LogP contribution in [0, 0.1) is 5.92 Å². The highest BCUT2D eigenvalue weighted by Gasteiger charge is 2.20. The number of unbranched alkanes of at least 4 members (excludes halogenated alkanes) is 1. The first-order valence-electron chi connectivity index (χ1n) is 8.88. The zero-order chi connectivity index (χ0) is 17.1. The van der Waals surface area contributed by atoms with Crippen LogP contribution in [0.4, 0.5) is 0 Å². The zero-order valence-corrected chi connectivity index (χ0v) is 15.8. The maximum absolute atomic E-state index is 11.4. The topological polar surface area (TPSA) is 73.8 Å². The molecule has 0 amide bonds. The molecule has 2 N–H and O–H groups in total. The van der Waals surface area contributed by atoms with Crippen LogP contribution >= 0.6 is 0 Å². The molecule has 6 nitrogen and oxygen atoms in total. The maximum Gasteiger partial charge on any atom is 0.191 e. The second kappa shape index (κ2) is 10.9. The molecule has 0 spiro atoms. The lowest BCUT2D eigenvalue weighted by molar-refractivity contribution is 0.299. The normalized spacial score (nSPS) is 20.2. The summed E-state index contributed by atoms with van der Waals surface area (Å²) in [6.45, 7) is 8.35. The van der Waals surface area contributed by atoms with Gasteiger partial charge in [0.05, 0.1) is 11.5 Å². The standard InChI is InChI=1S/C16H34N4O2S/c1-4-6-7-15(5-2)14-19-16(17-3)18-8-9-20-10-12-23(21,22)13-11-20/h15H,4-14H2,1-3H3,(H2,17,18,19). The summed E-state index contributed by atoms with van der Waals surface area (Å²) < 4.78 is 22.8. The predicted molar refractivity (Wildman–Crippen MR) is 97.8 cm³/mol. The summed E-state index contributed by atoms with van der Waals surface area (Å²) in [5.74, 6) is 2.11. The molecule has 1 aliphatic heterocycles. The lowest BCUT2D eigenvalue weighted by Gasteiger charge is -2.26. The van der Waals surface area contributed by atoms with Crippen LogP contribution in [0.25, 0.3) is 0 Å². The summed E-state index contributed by atoms with van der Waals surface area (Å²) in [6, 6.07) is 0. The second-order valence-electron chi connectivity index (χ2n) is 6.29. The third-order valence-corrected chi connectivity index (χ3v) is 6.09. The third-order valence-electron chi connectivity index (χ3n) is 4.48. The minimum Gasteiger partial charge on any atom is -0.356 e. The van der Waals surface area contributed by atoms with E-state index >= 15 is 0 Å². The number of hydrogen-bond acceptors (Lipinski definition) is 4. The molecule has 1 unspecified atom stereocenters. The van der Waals surface area contributed by atoms with Gasteiger partial charge in [0.1, 0.15) is 0 Å². The van der Waals surface area contributed by atoms with Gasteiger partial charge >= 0.3 is 0 Å². The van der Waals surface area contributed by atoms with Gasteiger partial charge in [0.2, 0.25) is 0 Å². The SMILES string of the molecule is CCCCC(CC)CNC(=NC)NCCN1CCS(=O)(=O)CC1. The summed E-state index contributed by atoms with van der Waals surface area (Å²) in [5.41, 5.74) is 0. The Hall–Kier alpha value is -0.820. The van der Waals surface area contributed by atoms with Gasteiger partial charge in [-0.05, 0) is 12.3 Å². The average Bonchev–Trinajstić information content (AvgIpc) is 2.54. The van der Waals surface area contributed by atoms with E-state index in [1.165, 1.54) is 25.7 Å². The number of nitrogens with one attached hydrogen (secondary N) is 2. The Kier molecular flexibility index (Phi) is 9.55. The van der Waals surface area contributed by atoms with E-state index in [0.717, 1.165) is 25.6 Å². The van der Waals surface area contributed by atoms with Gasteiger partial charge in [-0.1, -0.05) is 33.1 Å².